The van der Waals surface area contributed by atoms with Gasteiger partial charge < -0.3 is 24.8 Å². The predicted octanol–water partition coefficient (Wildman–Crippen LogP) is -1.62. The van der Waals surface area contributed by atoms with Crippen molar-refractivity contribution in [3.63, 3.8) is 0 Å². The van der Waals surface area contributed by atoms with Gasteiger partial charge in [-0.1, -0.05) is 0 Å². The summed E-state index contributed by atoms with van der Waals surface area (Å²) < 4.78 is 3.26. The Morgan fingerprint density at radius 3 is 2.58 bits per heavy atom. The number of terminal acetylenes is 1. The number of halogens is 2. The Bertz CT molecular complexity index is 843. The van der Waals surface area contributed by atoms with E-state index in [4.69, 9.17) is 6.42 Å². The zero-order valence-electron chi connectivity index (χ0n) is 13.1. The molecule has 2 aliphatic rings. The predicted molar refractivity (Wildman–Crippen MR) is 88.6 cm³/mol. The van der Waals surface area contributed by atoms with Gasteiger partial charge in [0.05, 0.1) is 0 Å². The number of fused-ring (bicyclic) bond motifs is 3. The van der Waals surface area contributed by atoms with Gasteiger partial charge in [-0.3, -0.25) is 0 Å². The van der Waals surface area contributed by atoms with Crippen molar-refractivity contribution in [1.29, 1.82) is 0 Å². The van der Waals surface area contributed by atoms with Gasteiger partial charge in [-0.05, 0) is 0 Å². The summed E-state index contributed by atoms with van der Waals surface area (Å²) in [4.78, 5) is 0. The van der Waals surface area contributed by atoms with Crippen molar-refractivity contribution < 1.29 is 48.0 Å². The van der Waals surface area contributed by atoms with Gasteiger partial charge in [0.15, 0.2) is 0 Å². The fourth-order valence-corrected chi connectivity index (χ4v) is 6.89. The number of benzene rings is 2. The Morgan fingerprint density at radius 2 is 1.83 bits per heavy atom. The maximum Gasteiger partial charge on any atom is -1.00 e. The molecule has 1 unspecified atom stereocenters. The molecule has 0 heterocycles. The molecule has 4 rings (SSSR count). The summed E-state index contributed by atoms with van der Waals surface area (Å²) in [7, 11) is 0. The summed E-state index contributed by atoms with van der Waals surface area (Å²) in [6, 6.07) is 15.6. The molecule has 118 valence electrons. The molecule has 0 fully saturated rings. The van der Waals surface area contributed by atoms with Gasteiger partial charge >= 0.3 is 144 Å². The van der Waals surface area contributed by atoms with Gasteiger partial charge in [-0.25, -0.2) is 0 Å². The number of hydrogen-bond donors (Lipinski definition) is 0. The summed E-state index contributed by atoms with van der Waals surface area (Å²) in [5, 5.41) is 0. The second-order valence-corrected chi connectivity index (χ2v) is 9.28. The Morgan fingerprint density at radius 1 is 1.04 bits per heavy atom. The van der Waals surface area contributed by atoms with E-state index < -0.39 is 23.2 Å². The van der Waals surface area contributed by atoms with Crippen LogP contribution in [-0.2, 0) is 23.2 Å². The van der Waals surface area contributed by atoms with Gasteiger partial charge in [-0.15, -0.1) is 0 Å². The van der Waals surface area contributed by atoms with Crippen LogP contribution >= 0.6 is 0 Å². The van der Waals surface area contributed by atoms with E-state index in [1.165, 1.54) is 22.3 Å². The van der Waals surface area contributed by atoms with Crippen LogP contribution in [0.15, 0.2) is 64.0 Å². The first kappa shape index (κ1) is 19.3. The average molecular weight is 430 g/mol. The molecule has 1 atom stereocenters. The molecule has 0 aromatic heterocycles. The van der Waals surface area contributed by atoms with Crippen molar-refractivity contribution in [1.82, 2.24) is 0 Å². The molecule has 3 heteroatoms. The molecule has 0 nitrogen and oxygen atoms in total. The van der Waals surface area contributed by atoms with Gasteiger partial charge in [-0.2, -0.15) is 0 Å². The van der Waals surface area contributed by atoms with Crippen molar-refractivity contribution in [2.24, 2.45) is 0 Å². The third kappa shape index (κ3) is 3.34. The third-order valence-corrected chi connectivity index (χ3v) is 7.90. The van der Waals surface area contributed by atoms with Crippen LogP contribution in [0.3, 0.4) is 0 Å². The van der Waals surface area contributed by atoms with E-state index in [1.807, 2.05) is 0 Å². The largest absolute Gasteiger partial charge is 1.00 e. The van der Waals surface area contributed by atoms with Gasteiger partial charge in [0, 0.05) is 0 Å². The van der Waals surface area contributed by atoms with Crippen molar-refractivity contribution >= 4 is 3.27 Å². The van der Waals surface area contributed by atoms with Crippen LogP contribution in [-0.4, -0.2) is 0 Å². The van der Waals surface area contributed by atoms with Gasteiger partial charge in [0.1, 0.15) is 0 Å². The van der Waals surface area contributed by atoms with E-state index in [1.54, 1.807) is 6.55 Å². The summed E-state index contributed by atoms with van der Waals surface area (Å²) in [5.41, 5.74) is 5.75. The Balaban J connectivity index is 0.00000104. The first-order valence-corrected chi connectivity index (χ1v) is 10.1. The minimum absolute atomic E-state index is 0. The second kappa shape index (κ2) is 8.35. The maximum absolute atomic E-state index is 5.68. The smallest absolute Gasteiger partial charge is 1.00 e. The van der Waals surface area contributed by atoms with E-state index in [0.717, 1.165) is 12.8 Å². The number of allylic oxidation sites excluding steroid dienone is 4. The summed E-state index contributed by atoms with van der Waals surface area (Å²) >= 11 is -0.709. The molecule has 0 radical (unpaired) electrons. The molecule has 0 spiro atoms. The molecule has 0 aliphatic heterocycles. The Labute approximate surface area is 167 Å². The van der Waals surface area contributed by atoms with Crippen LogP contribution in [0.1, 0.15) is 29.9 Å². The van der Waals surface area contributed by atoms with Gasteiger partial charge in [0.2, 0.25) is 0 Å². The SMILES string of the molecule is C#CCC1c2ccccc2-c2ccc[c]([Zr+2][C]3=CC=CC3)c21.[Cl-].[Cl-]. The molecule has 2 aromatic rings. The molecule has 0 N–H and O–H groups in total. The number of rotatable bonds is 3. The van der Waals surface area contributed by atoms with Crippen molar-refractivity contribution in [3.8, 4) is 23.5 Å². The second-order valence-electron chi connectivity index (χ2n) is 5.76. The third-order valence-electron chi connectivity index (χ3n) is 4.47. The molecule has 0 bridgehead atoms. The van der Waals surface area contributed by atoms with Crippen LogP contribution in [0.25, 0.3) is 11.1 Å². The van der Waals surface area contributed by atoms with E-state index in [2.05, 4.69) is 66.6 Å². The fourth-order valence-electron chi connectivity index (χ4n) is 3.53. The van der Waals surface area contributed by atoms with Crippen LogP contribution in [0.2, 0.25) is 0 Å². The Kier molecular flexibility index (Phi) is 6.71. The zero-order chi connectivity index (χ0) is 14.9. The molecular formula is C21H16Cl2Zr. The quantitative estimate of drug-likeness (QED) is 0.514. The first-order chi connectivity index (χ1) is 10.9. The zero-order valence-corrected chi connectivity index (χ0v) is 17.1. The monoisotopic (exact) mass is 428 g/mol. The normalized spacial score (nSPS) is 16.0. The minimum atomic E-state index is -0.709. The molecule has 0 saturated carbocycles. The maximum atomic E-state index is 5.68. The molecule has 24 heavy (non-hydrogen) atoms. The summed E-state index contributed by atoms with van der Waals surface area (Å²) in [6.45, 7) is 0. The summed E-state index contributed by atoms with van der Waals surface area (Å²) in [6.07, 6.45) is 14.4. The van der Waals surface area contributed by atoms with E-state index in [0.29, 0.717) is 5.92 Å². The van der Waals surface area contributed by atoms with Crippen molar-refractivity contribution in [3.05, 3.63) is 75.1 Å². The van der Waals surface area contributed by atoms with Gasteiger partial charge in [0.25, 0.3) is 0 Å². The van der Waals surface area contributed by atoms with Crippen LogP contribution in [0.5, 0.6) is 0 Å². The Hall–Kier alpha value is -1.06. The van der Waals surface area contributed by atoms with Crippen LogP contribution in [0, 0.1) is 12.3 Å². The van der Waals surface area contributed by atoms with Crippen molar-refractivity contribution in [2.75, 3.05) is 0 Å². The van der Waals surface area contributed by atoms with E-state index in [9.17, 15) is 0 Å². The molecular weight excluding hydrogens is 414 g/mol. The molecule has 0 saturated heterocycles. The summed E-state index contributed by atoms with van der Waals surface area (Å²) in [5.74, 6) is 3.30. The number of hydrogen-bond acceptors (Lipinski definition) is 0. The minimum Gasteiger partial charge on any atom is -1.00 e. The van der Waals surface area contributed by atoms with E-state index in [-0.39, 0.29) is 24.8 Å². The average Bonchev–Trinajstić information content (AvgIpc) is 3.16. The van der Waals surface area contributed by atoms with E-state index >= 15 is 0 Å². The molecule has 2 aromatic carbocycles. The molecule has 2 aliphatic carbocycles. The topological polar surface area (TPSA) is 0 Å². The van der Waals surface area contributed by atoms with Crippen molar-refractivity contribution in [2.45, 2.75) is 18.8 Å². The molecule has 0 amide bonds. The standard InChI is InChI=1S/C16H11.C5H5.2ClH.Zr/c1-2-7-12-13-8-3-5-10-15(13)16-11-6-4-9-14(12)16;1-2-4-5-3-1;;;/h1,3-6,8,10-12H,7H2;1-3H,4H2;2*1H;/q;;;;+2/p-2. The van der Waals surface area contributed by atoms with Crippen LogP contribution in [0.4, 0.5) is 0 Å². The fraction of sp³-hybridized carbons (Fsp3) is 0.143. The van der Waals surface area contributed by atoms with Crippen LogP contribution < -0.4 is 28.1 Å². The first-order valence-electron chi connectivity index (χ1n) is 7.67.